The molecule has 0 N–H and O–H groups in total. The summed E-state index contributed by atoms with van der Waals surface area (Å²) in [5.74, 6) is -0.466. The quantitative estimate of drug-likeness (QED) is 0.332. The molecule has 1 aliphatic rings. The molecule has 0 saturated carbocycles. The zero-order valence-corrected chi connectivity index (χ0v) is 18.1. The largest absolute Gasteiger partial charge is 0.494 e. The number of hydrogen-bond donors (Lipinski definition) is 1. The molecule has 2 heterocycles. The van der Waals surface area contributed by atoms with Crippen LogP contribution >= 0.6 is 12.8 Å². The number of hydrogen-bond acceptors (Lipinski definition) is 5. The predicted molar refractivity (Wildman–Crippen MR) is 118 cm³/mol. The van der Waals surface area contributed by atoms with Gasteiger partial charge in [0.2, 0.25) is 0 Å². The Hall–Kier alpha value is -3.27. The molecule has 1 saturated heterocycles. The normalized spacial score (nSPS) is 16.2. The molecule has 2 aromatic carbocycles. The maximum Gasteiger partial charge on any atom is 0.494 e. The molecule has 1 fully saturated rings. The summed E-state index contributed by atoms with van der Waals surface area (Å²) in [4.78, 5) is 33.1. The third-order valence-corrected chi connectivity index (χ3v) is 5.94. The fourth-order valence-corrected chi connectivity index (χ4v) is 3.81. The van der Waals surface area contributed by atoms with E-state index in [9.17, 15) is 22.8 Å². The molecule has 0 atom stereocenters. The highest BCUT2D eigenvalue weighted by atomic mass is 32.1. The minimum Gasteiger partial charge on any atom is -0.305 e. The molecule has 0 aliphatic carbocycles. The Morgan fingerprint density at radius 1 is 1.03 bits per heavy atom. The van der Waals surface area contributed by atoms with E-state index in [4.69, 9.17) is 0 Å². The molecular formula is C22H19F3N4O2S. The van der Waals surface area contributed by atoms with Crippen LogP contribution in [0.15, 0.2) is 60.8 Å². The van der Waals surface area contributed by atoms with Crippen LogP contribution in [0.25, 0.3) is 10.9 Å². The number of fused-ring (bicyclic) bond motifs is 1. The summed E-state index contributed by atoms with van der Waals surface area (Å²) in [7, 11) is 0. The molecule has 32 heavy (non-hydrogen) atoms. The average molecular weight is 460 g/mol. The van der Waals surface area contributed by atoms with Crippen LogP contribution in [0.5, 0.6) is 0 Å². The number of alkyl halides is 3. The molecule has 3 aromatic rings. The summed E-state index contributed by atoms with van der Waals surface area (Å²) in [6, 6.07) is 13.6. The maximum atomic E-state index is 13.3. The molecular weight excluding hydrogens is 441 g/mol. The number of benzene rings is 2. The minimum atomic E-state index is -4.67. The van der Waals surface area contributed by atoms with Gasteiger partial charge in [-0.2, -0.15) is 0 Å². The summed E-state index contributed by atoms with van der Waals surface area (Å²) in [6.45, 7) is 3.46. The standard InChI is InChI=1S/C22H19F3N4O2S/c1-21(2)19(30)28(15-7-9-16(10-8-15)29(32)22(23,24)25)20(31)27(21)13-14-11-12-26-18-6-4-3-5-17(14)18/h3-12,32H,13H2,1-2H3. The Morgan fingerprint density at radius 3 is 2.34 bits per heavy atom. The van der Waals surface area contributed by atoms with Crippen LogP contribution in [-0.4, -0.2) is 33.7 Å². The lowest BCUT2D eigenvalue weighted by atomic mass is 10.0. The van der Waals surface area contributed by atoms with Crippen molar-refractivity contribution < 1.29 is 22.8 Å². The molecule has 6 nitrogen and oxygen atoms in total. The first kappa shape index (κ1) is 21.9. The van der Waals surface area contributed by atoms with Crippen LogP contribution in [0.3, 0.4) is 0 Å². The van der Waals surface area contributed by atoms with Gasteiger partial charge in [0.1, 0.15) is 5.54 Å². The molecule has 3 amide bonds. The highest BCUT2D eigenvalue weighted by Gasteiger charge is 2.51. The van der Waals surface area contributed by atoms with Gasteiger partial charge in [0.25, 0.3) is 5.91 Å². The van der Waals surface area contributed by atoms with Crippen molar-refractivity contribution in [2.24, 2.45) is 0 Å². The topological polar surface area (TPSA) is 56.8 Å². The smallest absolute Gasteiger partial charge is 0.305 e. The molecule has 0 unspecified atom stereocenters. The zero-order valence-electron chi connectivity index (χ0n) is 17.2. The molecule has 0 spiro atoms. The molecule has 166 valence electrons. The number of rotatable bonds is 4. The first-order valence-electron chi connectivity index (χ1n) is 9.66. The number of nitrogens with zero attached hydrogens (tertiary/aromatic N) is 4. The van der Waals surface area contributed by atoms with Gasteiger partial charge in [-0.1, -0.05) is 31.0 Å². The van der Waals surface area contributed by atoms with Gasteiger partial charge in [0.05, 0.1) is 16.9 Å². The van der Waals surface area contributed by atoms with Crippen molar-refractivity contribution in [2.45, 2.75) is 32.2 Å². The number of carbonyl (C=O) groups is 2. The molecule has 1 aromatic heterocycles. The van der Waals surface area contributed by atoms with Crippen LogP contribution in [0.1, 0.15) is 19.4 Å². The first-order valence-corrected chi connectivity index (χ1v) is 10.1. The van der Waals surface area contributed by atoms with Gasteiger partial charge in [-0.25, -0.2) is 14.0 Å². The first-order chi connectivity index (χ1) is 15.0. The van der Waals surface area contributed by atoms with Crippen molar-refractivity contribution in [1.29, 1.82) is 0 Å². The van der Waals surface area contributed by atoms with Gasteiger partial charge in [-0.3, -0.25) is 9.78 Å². The van der Waals surface area contributed by atoms with Crippen LogP contribution in [0.4, 0.5) is 29.3 Å². The number of amides is 3. The Balaban J connectivity index is 1.65. The van der Waals surface area contributed by atoms with Crippen LogP contribution in [0.2, 0.25) is 0 Å². The van der Waals surface area contributed by atoms with Crippen molar-refractivity contribution in [1.82, 2.24) is 9.88 Å². The van der Waals surface area contributed by atoms with E-state index in [2.05, 4.69) is 17.8 Å². The van der Waals surface area contributed by atoms with E-state index in [0.717, 1.165) is 33.5 Å². The van der Waals surface area contributed by atoms with Gasteiger partial charge < -0.3 is 4.90 Å². The van der Waals surface area contributed by atoms with E-state index >= 15 is 0 Å². The van der Waals surface area contributed by atoms with Gasteiger partial charge in [-0.15, -0.1) is 13.2 Å². The van der Waals surface area contributed by atoms with Crippen molar-refractivity contribution in [3.63, 3.8) is 0 Å². The molecule has 10 heteroatoms. The number of thiol groups is 1. The second kappa shape index (κ2) is 7.70. The average Bonchev–Trinajstić information content (AvgIpc) is 2.92. The van der Waals surface area contributed by atoms with E-state index in [1.165, 1.54) is 17.0 Å². The molecule has 4 rings (SSSR count). The van der Waals surface area contributed by atoms with Crippen LogP contribution < -0.4 is 9.21 Å². The lowest BCUT2D eigenvalue weighted by molar-refractivity contribution is -0.123. The number of imide groups is 1. The van der Waals surface area contributed by atoms with Crippen molar-refractivity contribution in [3.8, 4) is 0 Å². The SMILES string of the molecule is CC1(C)C(=O)N(c2ccc(N(S)C(F)(F)F)cc2)C(=O)N1Cc1ccnc2ccccc12. The van der Waals surface area contributed by atoms with Crippen molar-refractivity contribution in [3.05, 3.63) is 66.4 Å². The predicted octanol–water partition coefficient (Wildman–Crippen LogP) is 5.15. The van der Waals surface area contributed by atoms with E-state index in [-0.39, 0.29) is 22.2 Å². The van der Waals surface area contributed by atoms with Crippen LogP contribution in [-0.2, 0) is 11.3 Å². The highest BCUT2D eigenvalue weighted by Crippen LogP contribution is 2.36. The number of carbonyl (C=O) groups excluding carboxylic acids is 2. The fourth-order valence-electron chi connectivity index (χ4n) is 3.68. The maximum absolute atomic E-state index is 13.3. The lowest BCUT2D eigenvalue weighted by Crippen LogP contribution is -2.43. The van der Waals surface area contributed by atoms with E-state index in [1.807, 2.05) is 24.3 Å². The third kappa shape index (κ3) is 3.64. The van der Waals surface area contributed by atoms with Crippen LogP contribution in [0, 0.1) is 0 Å². The van der Waals surface area contributed by atoms with Crippen molar-refractivity contribution in [2.75, 3.05) is 9.21 Å². The summed E-state index contributed by atoms with van der Waals surface area (Å²) in [5, 5.41) is 0.870. The third-order valence-electron chi connectivity index (χ3n) is 5.48. The number of aromatic nitrogens is 1. The van der Waals surface area contributed by atoms with Gasteiger partial charge in [-0.05, 0) is 55.8 Å². The summed E-state index contributed by atoms with van der Waals surface area (Å²) in [5.41, 5.74) is 0.403. The number of para-hydroxylation sites is 1. The second-order valence-corrected chi connectivity index (χ2v) is 8.25. The lowest BCUT2D eigenvalue weighted by Gasteiger charge is -2.28. The highest BCUT2D eigenvalue weighted by molar-refractivity contribution is 7.81. The Morgan fingerprint density at radius 2 is 1.69 bits per heavy atom. The minimum absolute atomic E-state index is 0.144. The molecule has 1 aliphatic heterocycles. The Kier molecular flexibility index (Phi) is 5.28. The Labute approximate surface area is 187 Å². The number of pyridine rings is 1. The number of anilines is 2. The summed E-state index contributed by atoms with van der Waals surface area (Å²) < 4.78 is 38.4. The molecule has 0 radical (unpaired) electrons. The Bertz CT molecular complexity index is 1190. The molecule has 0 bridgehead atoms. The van der Waals surface area contributed by atoms with Gasteiger partial charge in [0.15, 0.2) is 0 Å². The fraction of sp³-hybridized carbons (Fsp3) is 0.227. The van der Waals surface area contributed by atoms with E-state index in [0.29, 0.717) is 0 Å². The van der Waals surface area contributed by atoms with Gasteiger partial charge >= 0.3 is 12.3 Å². The summed E-state index contributed by atoms with van der Waals surface area (Å²) in [6.07, 6.45) is -3.02. The summed E-state index contributed by atoms with van der Waals surface area (Å²) >= 11 is 3.45. The van der Waals surface area contributed by atoms with E-state index < -0.39 is 23.8 Å². The number of halogens is 3. The van der Waals surface area contributed by atoms with E-state index in [1.54, 1.807) is 26.1 Å². The second-order valence-electron chi connectivity index (χ2n) is 7.85. The van der Waals surface area contributed by atoms with Crippen molar-refractivity contribution >= 4 is 47.0 Å². The van der Waals surface area contributed by atoms with Gasteiger partial charge in [0, 0.05) is 18.1 Å². The monoisotopic (exact) mass is 460 g/mol. The number of urea groups is 1. The zero-order chi connectivity index (χ0) is 23.3.